The van der Waals surface area contributed by atoms with Crippen molar-refractivity contribution in [3.8, 4) is 0 Å². The van der Waals surface area contributed by atoms with Crippen molar-refractivity contribution in [1.29, 1.82) is 0 Å². The molecule has 5 heteroatoms. The summed E-state index contributed by atoms with van der Waals surface area (Å²) in [4.78, 5) is 7.87. The normalized spacial score (nSPS) is 11.6. The van der Waals surface area contributed by atoms with E-state index in [2.05, 4.69) is 29.1 Å². The molecule has 18 heavy (non-hydrogen) atoms. The molecule has 0 saturated carbocycles. The van der Waals surface area contributed by atoms with E-state index in [-0.39, 0.29) is 17.1 Å². The summed E-state index contributed by atoms with van der Waals surface area (Å²) in [6.07, 6.45) is 3.87. The van der Waals surface area contributed by atoms with Gasteiger partial charge in [0.05, 0.1) is 5.69 Å². The van der Waals surface area contributed by atoms with E-state index in [4.69, 9.17) is 5.73 Å². The van der Waals surface area contributed by atoms with Gasteiger partial charge in [-0.15, -0.1) is 0 Å². The van der Waals surface area contributed by atoms with Crippen LogP contribution in [0.4, 0.5) is 10.2 Å². The summed E-state index contributed by atoms with van der Waals surface area (Å²) in [6.45, 7) is 7.29. The maximum atomic E-state index is 13.9. The molecule has 4 nitrogen and oxygen atoms in total. The lowest BCUT2D eigenvalue weighted by atomic mass is 9.82. The number of hydrogen-bond donors (Lipinski definition) is 2. The van der Waals surface area contributed by atoms with Crippen molar-refractivity contribution >= 4 is 5.82 Å². The summed E-state index contributed by atoms with van der Waals surface area (Å²) in [5, 5.41) is 3.08. The van der Waals surface area contributed by atoms with Crippen molar-refractivity contribution < 1.29 is 4.39 Å². The highest BCUT2D eigenvalue weighted by Crippen LogP contribution is 2.25. The molecule has 0 unspecified atom stereocenters. The zero-order valence-electron chi connectivity index (χ0n) is 11.5. The number of nitrogens with one attached hydrogen (secondary N) is 1. The number of hydrogen-bond acceptors (Lipinski definition) is 4. The van der Waals surface area contributed by atoms with Crippen LogP contribution in [0.25, 0.3) is 0 Å². The monoisotopic (exact) mass is 254 g/mol. The van der Waals surface area contributed by atoms with E-state index in [9.17, 15) is 4.39 Å². The number of anilines is 1. The van der Waals surface area contributed by atoms with Crippen LogP contribution in [0, 0.1) is 11.2 Å². The topological polar surface area (TPSA) is 63.8 Å². The van der Waals surface area contributed by atoms with Crippen molar-refractivity contribution in [3.05, 3.63) is 17.8 Å². The third-order valence-electron chi connectivity index (χ3n) is 3.76. The molecule has 0 aliphatic heterocycles. The van der Waals surface area contributed by atoms with Crippen LogP contribution in [0.5, 0.6) is 0 Å². The molecule has 0 aromatic carbocycles. The van der Waals surface area contributed by atoms with Gasteiger partial charge >= 0.3 is 0 Å². The molecule has 102 valence electrons. The Bertz CT molecular complexity index is 369. The van der Waals surface area contributed by atoms with Gasteiger partial charge < -0.3 is 11.1 Å². The summed E-state index contributed by atoms with van der Waals surface area (Å²) in [6, 6.07) is 0. The zero-order chi connectivity index (χ0) is 13.6. The van der Waals surface area contributed by atoms with E-state index in [1.165, 1.54) is 6.33 Å². The highest BCUT2D eigenvalue weighted by Gasteiger charge is 2.24. The van der Waals surface area contributed by atoms with Crippen molar-refractivity contribution in [2.75, 3.05) is 18.4 Å². The first-order chi connectivity index (χ1) is 8.62. The van der Waals surface area contributed by atoms with E-state index in [1.54, 1.807) is 0 Å². The smallest absolute Gasteiger partial charge is 0.186 e. The van der Waals surface area contributed by atoms with E-state index >= 15 is 0 Å². The second-order valence-electron chi connectivity index (χ2n) is 4.60. The number of aromatic nitrogens is 2. The summed E-state index contributed by atoms with van der Waals surface area (Å²) < 4.78 is 13.9. The molecule has 1 aromatic heterocycles. The van der Waals surface area contributed by atoms with E-state index in [0.717, 1.165) is 12.8 Å². The van der Waals surface area contributed by atoms with Crippen LogP contribution < -0.4 is 11.1 Å². The molecule has 1 rings (SSSR count). The van der Waals surface area contributed by atoms with Crippen LogP contribution in [0.2, 0.25) is 0 Å². The predicted molar refractivity (Wildman–Crippen MR) is 71.9 cm³/mol. The molecule has 0 aliphatic rings. The van der Waals surface area contributed by atoms with Crippen LogP contribution in [-0.2, 0) is 6.42 Å². The Hall–Kier alpha value is -1.23. The van der Waals surface area contributed by atoms with Gasteiger partial charge in [-0.3, -0.25) is 0 Å². The Balaban J connectivity index is 2.79. The molecular weight excluding hydrogens is 231 g/mol. The van der Waals surface area contributed by atoms with Crippen LogP contribution in [0.1, 0.15) is 39.3 Å². The lowest BCUT2D eigenvalue weighted by Gasteiger charge is -2.30. The number of nitrogens with zero attached hydrogens (tertiary/aromatic N) is 2. The summed E-state index contributed by atoms with van der Waals surface area (Å²) in [5.74, 6) is -0.0697. The summed E-state index contributed by atoms with van der Waals surface area (Å²) in [5.41, 5.74) is 6.27. The number of rotatable bonds is 7. The second kappa shape index (κ2) is 6.64. The van der Waals surface area contributed by atoms with Gasteiger partial charge in [-0.05, 0) is 31.2 Å². The lowest BCUT2D eigenvalue weighted by molar-refractivity contribution is 0.294. The minimum absolute atomic E-state index is 0.00374. The van der Waals surface area contributed by atoms with Gasteiger partial charge in [0, 0.05) is 6.54 Å². The minimum Gasteiger partial charge on any atom is -0.367 e. The first kappa shape index (κ1) is 14.8. The van der Waals surface area contributed by atoms with Gasteiger partial charge in [-0.25, -0.2) is 14.4 Å². The molecule has 0 aliphatic carbocycles. The average Bonchev–Trinajstić information content (AvgIpc) is 2.42. The van der Waals surface area contributed by atoms with Crippen molar-refractivity contribution in [2.45, 2.75) is 40.0 Å². The Kier molecular flexibility index (Phi) is 5.47. The van der Waals surface area contributed by atoms with Crippen LogP contribution in [0.3, 0.4) is 0 Å². The molecule has 0 amide bonds. The minimum atomic E-state index is -0.349. The van der Waals surface area contributed by atoms with Crippen molar-refractivity contribution in [1.82, 2.24) is 9.97 Å². The van der Waals surface area contributed by atoms with Crippen molar-refractivity contribution in [3.63, 3.8) is 0 Å². The molecule has 1 heterocycles. The summed E-state index contributed by atoms with van der Waals surface area (Å²) in [7, 11) is 0. The molecule has 0 spiro atoms. The van der Waals surface area contributed by atoms with E-state index in [0.29, 0.717) is 25.2 Å². The molecule has 3 N–H and O–H groups in total. The molecule has 0 bridgehead atoms. The Labute approximate surface area is 108 Å². The maximum absolute atomic E-state index is 13.9. The fourth-order valence-electron chi connectivity index (χ4n) is 1.91. The quantitative estimate of drug-likeness (QED) is 0.784. The highest BCUT2D eigenvalue weighted by molar-refractivity contribution is 5.37. The third kappa shape index (κ3) is 3.16. The van der Waals surface area contributed by atoms with Gasteiger partial charge in [0.2, 0.25) is 0 Å². The molecule has 0 fully saturated rings. The van der Waals surface area contributed by atoms with Crippen LogP contribution in [0.15, 0.2) is 6.33 Å². The first-order valence-corrected chi connectivity index (χ1v) is 6.55. The number of halogens is 1. The molecule has 0 radical (unpaired) electrons. The van der Waals surface area contributed by atoms with Crippen LogP contribution in [-0.4, -0.2) is 23.1 Å². The average molecular weight is 254 g/mol. The van der Waals surface area contributed by atoms with Gasteiger partial charge in [0.15, 0.2) is 11.6 Å². The Morgan fingerprint density at radius 1 is 1.28 bits per heavy atom. The maximum Gasteiger partial charge on any atom is 0.186 e. The SMILES string of the molecule is CCc1ncnc(NCC(CC)(CC)CN)c1F. The van der Waals surface area contributed by atoms with E-state index in [1.807, 2.05) is 6.92 Å². The van der Waals surface area contributed by atoms with Gasteiger partial charge in [0.1, 0.15) is 6.33 Å². The number of nitrogens with two attached hydrogens (primary N) is 1. The summed E-state index contributed by atoms with van der Waals surface area (Å²) >= 11 is 0. The van der Waals surface area contributed by atoms with Gasteiger partial charge in [-0.2, -0.15) is 0 Å². The van der Waals surface area contributed by atoms with E-state index < -0.39 is 0 Å². The second-order valence-corrected chi connectivity index (χ2v) is 4.60. The zero-order valence-corrected chi connectivity index (χ0v) is 11.5. The Morgan fingerprint density at radius 2 is 1.94 bits per heavy atom. The first-order valence-electron chi connectivity index (χ1n) is 6.55. The van der Waals surface area contributed by atoms with Gasteiger partial charge in [-0.1, -0.05) is 20.8 Å². The lowest BCUT2D eigenvalue weighted by Crippen LogP contribution is -2.36. The molecule has 1 aromatic rings. The standard InChI is InChI=1S/C13H23FN4/c1-4-10-11(14)12(18-9-17-10)16-8-13(5-2,6-3)7-15/h9H,4-8,15H2,1-3H3,(H,16,17,18). The number of aryl methyl sites for hydroxylation is 1. The molecular formula is C13H23FN4. The molecule has 0 atom stereocenters. The molecule has 0 saturated heterocycles. The van der Waals surface area contributed by atoms with Crippen LogP contribution >= 0.6 is 0 Å². The Morgan fingerprint density at radius 3 is 2.44 bits per heavy atom. The fraction of sp³-hybridized carbons (Fsp3) is 0.692. The predicted octanol–water partition coefficient (Wildman–Crippen LogP) is 2.36. The van der Waals surface area contributed by atoms with Gasteiger partial charge in [0.25, 0.3) is 0 Å². The fourth-order valence-corrected chi connectivity index (χ4v) is 1.91. The van der Waals surface area contributed by atoms with Crippen molar-refractivity contribution in [2.24, 2.45) is 11.1 Å². The third-order valence-corrected chi connectivity index (χ3v) is 3.76. The highest BCUT2D eigenvalue weighted by atomic mass is 19.1. The largest absolute Gasteiger partial charge is 0.367 e.